The predicted molar refractivity (Wildman–Crippen MR) is 86.6 cm³/mol. The molecule has 9 nitrogen and oxygen atoms in total. The second-order valence-corrected chi connectivity index (χ2v) is 6.55. The van der Waals surface area contributed by atoms with Gasteiger partial charge in [0.2, 0.25) is 0 Å². The minimum Gasteiger partial charge on any atom is -0.389 e. The van der Waals surface area contributed by atoms with Crippen LogP contribution in [0.4, 0.5) is 18.0 Å². The topological polar surface area (TPSA) is 101 Å². The molecule has 0 spiro atoms. The second kappa shape index (κ2) is 6.83. The van der Waals surface area contributed by atoms with E-state index in [0.29, 0.717) is 5.69 Å². The van der Waals surface area contributed by atoms with Gasteiger partial charge in [0, 0.05) is 31.0 Å². The van der Waals surface area contributed by atoms with Crippen LogP contribution in [0.15, 0.2) is 12.4 Å². The van der Waals surface area contributed by atoms with E-state index < -0.39 is 30.4 Å². The quantitative estimate of drug-likeness (QED) is 0.814. The van der Waals surface area contributed by atoms with Gasteiger partial charge in [-0.2, -0.15) is 18.3 Å². The third kappa shape index (κ3) is 3.61. The fourth-order valence-electron chi connectivity index (χ4n) is 3.33. The summed E-state index contributed by atoms with van der Waals surface area (Å²) in [6.45, 7) is 2.89. The Bertz CT molecular complexity index is 818. The lowest BCUT2D eigenvalue weighted by atomic mass is 10.0. The smallest absolute Gasteiger partial charge is 0.389 e. The third-order valence-corrected chi connectivity index (χ3v) is 4.78. The minimum atomic E-state index is -4.70. The van der Waals surface area contributed by atoms with E-state index >= 15 is 0 Å². The van der Waals surface area contributed by atoms with E-state index in [-0.39, 0.29) is 24.3 Å². The molecule has 2 amide bonds. The number of carbonyl (C=O) groups is 1. The number of β-amino-alcohol motifs (C(OH)–C–C–N with tert-alkyl or cyclic N) is 1. The van der Waals surface area contributed by atoms with Gasteiger partial charge >= 0.3 is 12.2 Å². The number of aliphatic hydroxyl groups is 1. The Balaban J connectivity index is 1.80. The van der Waals surface area contributed by atoms with Crippen LogP contribution in [0.2, 0.25) is 0 Å². The molecule has 0 saturated carbocycles. The molecule has 148 valence electrons. The molecule has 0 aliphatic carbocycles. The zero-order chi connectivity index (χ0) is 19.9. The van der Waals surface area contributed by atoms with E-state index in [2.05, 4.69) is 15.4 Å². The molecule has 0 aromatic carbocycles. The number of alkyl halides is 3. The van der Waals surface area contributed by atoms with Crippen LogP contribution < -0.4 is 5.32 Å². The lowest BCUT2D eigenvalue weighted by molar-refractivity contribution is -0.155. The summed E-state index contributed by atoms with van der Waals surface area (Å²) < 4.78 is 43.7. The fourth-order valence-corrected chi connectivity index (χ4v) is 3.33. The second-order valence-electron chi connectivity index (χ2n) is 6.55. The van der Waals surface area contributed by atoms with Gasteiger partial charge in [-0.25, -0.2) is 9.48 Å². The highest BCUT2D eigenvalue weighted by atomic mass is 19.4. The Morgan fingerprint density at radius 1 is 1.37 bits per heavy atom. The Morgan fingerprint density at radius 3 is 2.59 bits per heavy atom. The number of aromatic nitrogens is 5. The number of aryl methyl sites for hydroxylation is 2. The van der Waals surface area contributed by atoms with Crippen molar-refractivity contribution in [1.82, 2.24) is 35.0 Å². The van der Waals surface area contributed by atoms with Crippen molar-refractivity contribution in [2.45, 2.75) is 38.2 Å². The Hall–Kier alpha value is -2.63. The van der Waals surface area contributed by atoms with E-state index in [1.54, 1.807) is 7.05 Å². The number of nitrogens with one attached hydrogen (secondary N) is 1. The van der Waals surface area contributed by atoms with Crippen LogP contribution in [-0.4, -0.2) is 66.2 Å². The van der Waals surface area contributed by atoms with Gasteiger partial charge in [0.1, 0.15) is 0 Å². The molecular formula is C15H20F3N7O2. The maximum absolute atomic E-state index is 13.7. The average Bonchev–Trinajstić information content (AvgIpc) is 3.26. The molecule has 3 rings (SSSR count). The molecule has 1 fully saturated rings. The molecule has 1 saturated heterocycles. The Kier molecular flexibility index (Phi) is 4.84. The van der Waals surface area contributed by atoms with Crippen molar-refractivity contribution in [3.8, 4) is 0 Å². The van der Waals surface area contributed by atoms with Crippen LogP contribution in [0, 0.1) is 13.8 Å². The molecule has 27 heavy (non-hydrogen) atoms. The predicted octanol–water partition coefficient (Wildman–Crippen LogP) is 0.859. The Labute approximate surface area is 152 Å². The number of likely N-dealkylation sites (tertiary alicyclic amines) is 1. The SMILES string of the molecule is Cc1nn(C)c(C)c1C(NC(=O)N1C[C@H](O)[C@@H](n2ccnn2)C1)C(F)(F)F. The van der Waals surface area contributed by atoms with E-state index in [1.165, 1.54) is 35.6 Å². The van der Waals surface area contributed by atoms with Crippen LogP contribution >= 0.6 is 0 Å². The van der Waals surface area contributed by atoms with Crippen molar-refractivity contribution in [2.24, 2.45) is 7.05 Å². The number of nitrogens with zero attached hydrogens (tertiary/aromatic N) is 6. The largest absolute Gasteiger partial charge is 0.413 e. The number of urea groups is 1. The monoisotopic (exact) mass is 387 g/mol. The van der Waals surface area contributed by atoms with Gasteiger partial charge in [0.05, 0.1) is 30.6 Å². The van der Waals surface area contributed by atoms with Crippen molar-refractivity contribution in [2.75, 3.05) is 13.1 Å². The lowest BCUT2D eigenvalue weighted by Crippen LogP contribution is -2.45. The molecule has 0 radical (unpaired) electrons. The first-order chi connectivity index (χ1) is 12.6. The van der Waals surface area contributed by atoms with Crippen molar-refractivity contribution < 1.29 is 23.1 Å². The molecule has 2 N–H and O–H groups in total. The number of hydrogen-bond donors (Lipinski definition) is 2. The maximum atomic E-state index is 13.7. The number of halogens is 3. The van der Waals surface area contributed by atoms with Crippen molar-refractivity contribution in [1.29, 1.82) is 0 Å². The van der Waals surface area contributed by atoms with Crippen LogP contribution in [0.25, 0.3) is 0 Å². The van der Waals surface area contributed by atoms with Gasteiger partial charge in [0.25, 0.3) is 0 Å². The van der Waals surface area contributed by atoms with Gasteiger partial charge < -0.3 is 15.3 Å². The van der Waals surface area contributed by atoms with Crippen LogP contribution in [0.1, 0.15) is 29.0 Å². The number of amides is 2. The molecule has 3 atom stereocenters. The molecule has 1 aliphatic rings. The zero-order valence-corrected chi connectivity index (χ0v) is 15.0. The van der Waals surface area contributed by atoms with Crippen LogP contribution in [-0.2, 0) is 7.05 Å². The first-order valence-electron chi connectivity index (χ1n) is 8.25. The summed E-state index contributed by atoms with van der Waals surface area (Å²) in [6.07, 6.45) is -2.71. The van der Waals surface area contributed by atoms with Crippen LogP contribution in [0.5, 0.6) is 0 Å². The van der Waals surface area contributed by atoms with Crippen molar-refractivity contribution >= 4 is 6.03 Å². The first-order valence-corrected chi connectivity index (χ1v) is 8.25. The van der Waals surface area contributed by atoms with Gasteiger partial charge in [-0.15, -0.1) is 5.10 Å². The summed E-state index contributed by atoms with van der Waals surface area (Å²) in [5.74, 6) is 0. The molecule has 2 aromatic rings. The van der Waals surface area contributed by atoms with E-state index in [0.717, 1.165) is 4.90 Å². The molecule has 1 aliphatic heterocycles. The Morgan fingerprint density at radius 2 is 2.07 bits per heavy atom. The molecule has 3 heterocycles. The minimum absolute atomic E-state index is 0.0198. The number of rotatable bonds is 3. The molecule has 1 unspecified atom stereocenters. The van der Waals surface area contributed by atoms with E-state index in [1.807, 2.05) is 5.32 Å². The van der Waals surface area contributed by atoms with Crippen molar-refractivity contribution in [3.63, 3.8) is 0 Å². The highest BCUT2D eigenvalue weighted by Crippen LogP contribution is 2.36. The summed E-state index contributed by atoms with van der Waals surface area (Å²) >= 11 is 0. The number of carbonyl (C=O) groups excluding carboxylic acids is 1. The molecule has 12 heteroatoms. The van der Waals surface area contributed by atoms with Crippen molar-refractivity contribution in [3.05, 3.63) is 29.3 Å². The maximum Gasteiger partial charge on any atom is 0.413 e. The highest BCUT2D eigenvalue weighted by molar-refractivity contribution is 5.75. The summed E-state index contributed by atoms with van der Waals surface area (Å²) in [4.78, 5) is 13.6. The fraction of sp³-hybridized carbons (Fsp3) is 0.600. The molecule has 0 bridgehead atoms. The summed E-state index contributed by atoms with van der Waals surface area (Å²) in [5.41, 5.74) is 0.433. The van der Waals surface area contributed by atoms with Gasteiger partial charge in [-0.3, -0.25) is 4.68 Å². The molecular weight excluding hydrogens is 367 g/mol. The average molecular weight is 387 g/mol. The van der Waals surface area contributed by atoms with E-state index in [9.17, 15) is 23.1 Å². The van der Waals surface area contributed by atoms with E-state index in [4.69, 9.17) is 0 Å². The first kappa shape index (κ1) is 19.1. The normalized spacial score (nSPS) is 21.5. The van der Waals surface area contributed by atoms with Gasteiger partial charge in [0.15, 0.2) is 6.04 Å². The number of hydrogen-bond acceptors (Lipinski definition) is 5. The lowest BCUT2D eigenvalue weighted by Gasteiger charge is -2.25. The standard InChI is InChI=1S/C15H20F3N7O2/c1-8-12(9(2)23(3)21-8)13(15(16,17)18)20-14(27)24-6-10(11(26)7-24)25-5-4-19-22-25/h4-5,10-11,13,26H,6-7H2,1-3H3,(H,20,27)/t10-,11-,13?/m0/s1. The summed E-state index contributed by atoms with van der Waals surface area (Å²) in [7, 11) is 1.54. The van der Waals surface area contributed by atoms with Crippen LogP contribution in [0.3, 0.4) is 0 Å². The third-order valence-electron chi connectivity index (χ3n) is 4.78. The number of aliphatic hydroxyl groups excluding tert-OH is 1. The summed E-state index contributed by atoms with van der Waals surface area (Å²) in [5, 5.41) is 23.6. The zero-order valence-electron chi connectivity index (χ0n) is 15.0. The van der Waals surface area contributed by atoms with Gasteiger partial charge in [-0.1, -0.05) is 5.21 Å². The highest BCUT2D eigenvalue weighted by Gasteiger charge is 2.46. The summed E-state index contributed by atoms with van der Waals surface area (Å²) in [6, 6.07) is -3.67. The van der Waals surface area contributed by atoms with Gasteiger partial charge in [-0.05, 0) is 13.8 Å². The molecule has 2 aromatic heterocycles.